The van der Waals surface area contributed by atoms with E-state index in [-0.39, 0.29) is 17.5 Å². The molecule has 0 saturated carbocycles. The zero-order valence-electron chi connectivity index (χ0n) is 17.2. The number of hydrogen-bond donors (Lipinski definition) is 0. The number of aromatic nitrogens is 3. The van der Waals surface area contributed by atoms with E-state index in [9.17, 15) is 9.18 Å². The Morgan fingerprint density at radius 3 is 2.55 bits per heavy atom. The molecule has 2 aromatic heterocycles. The van der Waals surface area contributed by atoms with Gasteiger partial charge in [0.25, 0.3) is 0 Å². The average Bonchev–Trinajstić information content (AvgIpc) is 3.39. The zero-order valence-corrected chi connectivity index (χ0v) is 18.8. The molecule has 0 spiro atoms. The Balaban J connectivity index is 1.58. The standard InChI is InChI=1S/C23H21FN4OS2/c1-16-12-13-30-20(16)14-27(2)21(29)15-31-23-26-25-22(18-10-6-7-11-19(18)24)28(23)17-8-4-3-5-9-17/h3-13H,14-15H2,1-2H3. The van der Waals surface area contributed by atoms with Crippen molar-refractivity contribution in [3.63, 3.8) is 0 Å². The molecule has 0 saturated heterocycles. The second-order valence-corrected chi connectivity index (χ2v) is 8.97. The van der Waals surface area contributed by atoms with Crippen molar-refractivity contribution in [2.24, 2.45) is 0 Å². The van der Waals surface area contributed by atoms with Gasteiger partial charge in [0.15, 0.2) is 11.0 Å². The smallest absolute Gasteiger partial charge is 0.233 e. The van der Waals surface area contributed by atoms with Gasteiger partial charge in [-0.2, -0.15) is 0 Å². The van der Waals surface area contributed by atoms with Gasteiger partial charge in [0.1, 0.15) is 5.82 Å². The molecule has 0 radical (unpaired) electrons. The first kappa shape index (κ1) is 21.3. The molecule has 158 valence electrons. The van der Waals surface area contributed by atoms with Crippen LogP contribution in [0.4, 0.5) is 4.39 Å². The molecule has 4 aromatic rings. The Labute approximate surface area is 188 Å². The number of carbonyl (C=O) groups is 1. The molecule has 0 N–H and O–H groups in total. The number of aryl methyl sites for hydroxylation is 1. The third kappa shape index (κ3) is 4.70. The van der Waals surface area contributed by atoms with Crippen molar-refractivity contribution in [3.05, 3.63) is 82.3 Å². The number of para-hydroxylation sites is 1. The molecular formula is C23H21FN4OS2. The first-order valence-corrected chi connectivity index (χ1v) is 11.6. The van der Waals surface area contributed by atoms with Crippen LogP contribution in [-0.2, 0) is 11.3 Å². The summed E-state index contributed by atoms with van der Waals surface area (Å²) < 4.78 is 16.3. The van der Waals surface area contributed by atoms with Crippen LogP contribution in [0.3, 0.4) is 0 Å². The number of halogens is 1. The lowest BCUT2D eigenvalue weighted by Gasteiger charge is -2.17. The minimum atomic E-state index is -0.370. The SMILES string of the molecule is Cc1ccsc1CN(C)C(=O)CSc1nnc(-c2ccccc2F)n1-c1ccccc1. The summed E-state index contributed by atoms with van der Waals surface area (Å²) in [7, 11) is 1.80. The molecule has 1 amide bonds. The highest BCUT2D eigenvalue weighted by atomic mass is 32.2. The lowest BCUT2D eigenvalue weighted by atomic mass is 10.2. The number of benzene rings is 2. The number of hydrogen-bond acceptors (Lipinski definition) is 5. The highest BCUT2D eigenvalue weighted by molar-refractivity contribution is 7.99. The van der Waals surface area contributed by atoms with Crippen molar-refractivity contribution in [1.29, 1.82) is 0 Å². The van der Waals surface area contributed by atoms with Gasteiger partial charge in [-0.1, -0.05) is 42.1 Å². The predicted molar refractivity (Wildman–Crippen MR) is 123 cm³/mol. The Kier molecular flexibility index (Phi) is 6.48. The summed E-state index contributed by atoms with van der Waals surface area (Å²) in [6.07, 6.45) is 0. The molecule has 0 fully saturated rings. The lowest BCUT2D eigenvalue weighted by Crippen LogP contribution is -2.27. The van der Waals surface area contributed by atoms with Gasteiger partial charge < -0.3 is 4.90 Å². The van der Waals surface area contributed by atoms with Crippen LogP contribution < -0.4 is 0 Å². The van der Waals surface area contributed by atoms with Crippen LogP contribution in [0, 0.1) is 12.7 Å². The Morgan fingerprint density at radius 2 is 1.84 bits per heavy atom. The van der Waals surface area contributed by atoms with E-state index >= 15 is 0 Å². The summed E-state index contributed by atoms with van der Waals surface area (Å²) in [4.78, 5) is 15.6. The quantitative estimate of drug-likeness (QED) is 0.362. The maximum atomic E-state index is 14.5. The van der Waals surface area contributed by atoms with E-state index < -0.39 is 0 Å². The minimum Gasteiger partial charge on any atom is -0.340 e. The van der Waals surface area contributed by atoms with Crippen molar-refractivity contribution in [2.45, 2.75) is 18.6 Å². The third-order valence-electron chi connectivity index (χ3n) is 4.86. The summed E-state index contributed by atoms with van der Waals surface area (Å²) in [5, 5.41) is 11.1. The van der Waals surface area contributed by atoms with Crippen LogP contribution in [0.1, 0.15) is 10.4 Å². The van der Waals surface area contributed by atoms with Crippen molar-refractivity contribution < 1.29 is 9.18 Å². The van der Waals surface area contributed by atoms with Gasteiger partial charge in [-0.15, -0.1) is 21.5 Å². The Bertz CT molecular complexity index is 1190. The summed E-state index contributed by atoms with van der Waals surface area (Å²) in [6, 6.07) is 18.1. The van der Waals surface area contributed by atoms with Gasteiger partial charge in [-0.05, 0) is 48.2 Å². The topological polar surface area (TPSA) is 51.0 Å². The maximum absolute atomic E-state index is 14.5. The van der Waals surface area contributed by atoms with Crippen LogP contribution in [-0.4, -0.2) is 38.4 Å². The lowest BCUT2D eigenvalue weighted by molar-refractivity contribution is -0.127. The van der Waals surface area contributed by atoms with Crippen molar-refractivity contribution >= 4 is 29.0 Å². The zero-order chi connectivity index (χ0) is 21.8. The highest BCUT2D eigenvalue weighted by Gasteiger charge is 2.20. The monoisotopic (exact) mass is 452 g/mol. The fraction of sp³-hybridized carbons (Fsp3) is 0.174. The second-order valence-electron chi connectivity index (χ2n) is 7.02. The molecule has 2 aromatic carbocycles. The first-order chi connectivity index (χ1) is 15.0. The second kappa shape index (κ2) is 9.45. The normalized spacial score (nSPS) is 10.9. The van der Waals surface area contributed by atoms with Gasteiger partial charge in [-0.25, -0.2) is 4.39 Å². The molecule has 0 aliphatic carbocycles. The summed E-state index contributed by atoms with van der Waals surface area (Å²) in [5.74, 6) is 0.240. The van der Waals surface area contributed by atoms with Gasteiger partial charge in [0.05, 0.1) is 17.9 Å². The molecule has 0 bridgehead atoms. The van der Waals surface area contributed by atoms with E-state index in [1.54, 1.807) is 46.1 Å². The Morgan fingerprint density at radius 1 is 1.10 bits per heavy atom. The van der Waals surface area contributed by atoms with Crippen LogP contribution in [0.5, 0.6) is 0 Å². The molecule has 2 heterocycles. The van der Waals surface area contributed by atoms with E-state index in [0.29, 0.717) is 23.1 Å². The predicted octanol–water partition coefficient (Wildman–Crippen LogP) is 5.19. The van der Waals surface area contributed by atoms with Crippen LogP contribution in [0.25, 0.3) is 17.1 Å². The molecule has 4 rings (SSSR count). The molecular weight excluding hydrogens is 431 g/mol. The minimum absolute atomic E-state index is 0.00662. The molecule has 0 unspecified atom stereocenters. The average molecular weight is 453 g/mol. The van der Waals surface area contributed by atoms with Gasteiger partial charge in [0, 0.05) is 17.6 Å². The number of thioether (sulfide) groups is 1. The van der Waals surface area contributed by atoms with Gasteiger partial charge in [-0.3, -0.25) is 9.36 Å². The van der Waals surface area contributed by atoms with Crippen LogP contribution in [0.15, 0.2) is 71.2 Å². The van der Waals surface area contributed by atoms with Gasteiger partial charge in [0.2, 0.25) is 5.91 Å². The number of nitrogens with zero attached hydrogens (tertiary/aromatic N) is 4. The van der Waals surface area contributed by atoms with Crippen LogP contribution in [0.2, 0.25) is 0 Å². The van der Waals surface area contributed by atoms with E-state index in [4.69, 9.17) is 0 Å². The fourth-order valence-corrected chi connectivity index (χ4v) is 4.95. The summed E-state index contributed by atoms with van der Waals surface area (Å²) in [6.45, 7) is 2.63. The Hall–Kier alpha value is -2.97. The molecule has 0 atom stereocenters. The van der Waals surface area contributed by atoms with Gasteiger partial charge >= 0.3 is 0 Å². The molecule has 8 heteroatoms. The van der Waals surface area contributed by atoms with E-state index in [2.05, 4.69) is 16.3 Å². The van der Waals surface area contributed by atoms with Crippen LogP contribution >= 0.6 is 23.1 Å². The van der Waals surface area contributed by atoms with Crippen molar-refractivity contribution in [1.82, 2.24) is 19.7 Å². The number of amides is 1. The number of thiophene rings is 1. The van der Waals surface area contributed by atoms with Crippen molar-refractivity contribution in [3.8, 4) is 17.1 Å². The van der Waals surface area contributed by atoms with E-state index in [1.165, 1.54) is 28.3 Å². The molecule has 5 nitrogen and oxygen atoms in total. The largest absolute Gasteiger partial charge is 0.340 e. The molecule has 0 aliphatic rings. The fourth-order valence-electron chi connectivity index (χ4n) is 3.10. The molecule has 0 aliphatic heterocycles. The number of carbonyl (C=O) groups excluding carboxylic acids is 1. The first-order valence-electron chi connectivity index (χ1n) is 9.70. The van der Waals surface area contributed by atoms with E-state index in [0.717, 1.165) is 5.69 Å². The maximum Gasteiger partial charge on any atom is 0.233 e. The van der Waals surface area contributed by atoms with E-state index in [1.807, 2.05) is 42.6 Å². The van der Waals surface area contributed by atoms with Crippen molar-refractivity contribution in [2.75, 3.05) is 12.8 Å². The summed E-state index contributed by atoms with van der Waals surface area (Å²) in [5.41, 5.74) is 2.36. The molecule has 31 heavy (non-hydrogen) atoms. The number of rotatable bonds is 7. The third-order valence-corrected chi connectivity index (χ3v) is 6.78. The summed E-state index contributed by atoms with van der Waals surface area (Å²) >= 11 is 2.94. The highest BCUT2D eigenvalue weighted by Crippen LogP contribution is 2.29.